The van der Waals surface area contributed by atoms with E-state index in [0.717, 1.165) is 0 Å². The Morgan fingerprint density at radius 2 is 1.93 bits per heavy atom. The van der Waals surface area contributed by atoms with E-state index in [-0.39, 0.29) is 19.0 Å². The first-order valence-corrected chi connectivity index (χ1v) is 5.15. The van der Waals surface area contributed by atoms with Gasteiger partial charge in [-0.05, 0) is 13.3 Å². The first-order valence-electron chi connectivity index (χ1n) is 5.15. The summed E-state index contributed by atoms with van der Waals surface area (Å²) < 4.78 is 5.18. The highest BCUT2D eigenvalue weighted by Crippen LogP contribution is 2.21. The van der Waals surface area contributed by atoms with Crippen LogP contribution in [0.25, 0.3) is 0 Å². The van der Waals surface area contributed by atoms with Crippen molar-refractivity contribution in [3.8, 4) is 0 Å². The van der Waals surface area contributed by atoms with E-state index < -0.39 is 17.8 Å². The van der Waals surface area contributed by atoms with Crippen molar-refractivity contribution in [1.82, 2.24) is 4.90 Å². The van der Waals surface area contributed by atoms with E-state index in [4.69, 9.17) is 4.74 Å². The van der Waals surface area contributed by atoms with Gasteiger partial charge in [0.2, 0.25) is 0 Å². The predicted octanol–water partition coefficient (Wildman–Crippen LogP) is -0.635. The second-order valence-electron chi connectivity index (χ2n) is 4.13. The van der Waals surface area contributed by atoms with Crippen LogP contribution in [-0.2, 0) is 9.53 Å². The Labute approximate surface area is 89.6 Å². The molecule has 88 valence electrons. The van der Waals surface area contributed by atoms with Crippen molar-refractivity contribution in [3.05, 3.63) is 0 Å². The minimum atomic E-state index is -0.857. The first-order chi connectivity index (χ1) is 6.94. The highest BCUT2D eigenvalue weighted by molar-refractivity contribution is 5.85. The molecule has 0 spiro atoms. The molecular formula is C10H19NO4. The van der Waals surface area contributed by atoms with Gasteiger partial charge in [-0.15, -0.1) is 0 Å². The van der Waals surface area contributed by atoms with E-state index in [2.05, 4.69) is 0 Å². The predicted molar refractivity (Wildman–Crippen MR) is 54.3 cm³/mol. The van der Waals surface area contributed by atoms with Crippen molar-refractivity contribution < 1.29 is 19.7 Å². The summed E-state index contributed by atoms with van der Waals surface area (Å²) in [6.45, 7) is 3.94. The molecular weight excluding hydrogens is 198 g/mol. The number of aliphatic hydroxyl groups is 2. The SMILES string of the molecule is CCC(C)(OC)C(=O)N1CC(O)C(O)C1. The molecule has 0 bridgehead atoms. The second kappa shape index (κ2) is 4.47. The zero-order chi connectivity index (χ0) is 11.6. The minimum Gasteiger partial charge on any atom is -0.388 e. The summed E-state index contributed by atoms with van der Waals surface area (Å²) in [6, 6.07) is 0. The summed E-state index contributed by atoms with van der Waals surface area (Å²) >= 11 is 0. The highest BCUT2D eigenvalue weighted by atomic mass is 16.5. The molecule has 15 heavy (non-hydrogen) atoms. The lowest BCUT2D eigenvalue weighted by Gasteiger charge is -2.30. The molecule has 1 saturated heterocycles. The average molecular weight is 217 g/mol. The molecule has 1 fully saturated rings. The smallest absolute Gasteiger partial charge is 0.254 e. The molecule has 5 heteroatoms. The molecule has 1 rings (SSSR count). The van der Waals surface area contributed by atoms with Crippen molar-refractivity contribution in [1.29, 1.82) is 0 Å². The van der Waals surface area contributed by atoms with Gasteiger partial charge in [0.1, 0.15) is 5.60 Å². The van der Waals surface area contributed by atoms with Crippen LogP contribution < -0.4 is 0 Å². The number of amides is 1. The van der Waals surface area contributed by atoms with Crippen LogP contribution in [0.2, 0.25) is 0 Å². The number of hydrogen-bond acceptors (Lipinski definition) is 4. The Kier molecular flexibility index (Phi) is 3.70. The Morgan fingerprint density at radius 1 is 1.47 bits per heavy atom. The van der Waals surface area contributed by atoms with Gasteiger partial charge in [-0.2, -0.15) is 0 Å². The van der Waals surface area contributed by atoms with Crippen molar-refractivity contribution in [2.24, 2.45) is 0 Å². The van der Waals surface area contributed by atoms with Crippen LogP contribution in [0.1, 0.15) is 20.3 Å². The van der Waals surface area contributed by atoms with Crippen molar-refractivity contribution >= 4 is 5.91 Å². The molecule has 1 heterocycles. The van der Waals surface area contributed by atoms with Crippen LogP contribution in [0, 0.1) is 0 Å². The van der Waals surface area contributed by atoms with Gasteiger partial charge < -0.3 is 19.8 Å². The topological polar surface area (TPSA) is 70.0 Å². The molecule has 0 aromatic carbocycles. The zero-order valence-electron chi connectivity index (χ0n) is 9.43. The number of β-amino-alcohol motifs (C(OH)–C–C–N with tert-alkyl or cyclic N) is 2. The lowest BCUT2D eigenvalue weighted by Crippen LogP contribution is -2.47. The molecule has 0 aliphatic carbocycles. The van der Waals surface area contributed by atoms with Gasteiger partial charge in [0.15, 0.2) is 0 Å². The molecule has 5 nitrogen and oxygen atoms in total. The third-order valence-corrected chi connectivity index (χ3v) is 3.12. The van der Waals surface area contributed by atoms with Gasteiger partial charge in [-0.1, -0.05) is 6.92 Å². The standard InChI is InChI=1S/C10H19NO4/c1-4-10(2,15-3)9(14)11-5-7(12)8(13)6-11/h7-8,12-13H,4-6H2,1-3H3. The molecule has 0 saturated carbocycles. The van der Waals surface area contributed by atoms with Gasteiger partial charge in [0.25, 0.3) is 5.91 Å². The summed E-state index contributed by atoms with van der Waals surface area (Å²) in [5.41, 5.74) is -0.857. The van der Waals surface area contributed by atoms with E-state index in [9.17, 15) is 15.0 Å². The van der Waals surface area contributed by atoms with Crippen LogP contribution in [0.5, 0.6) is 0 Å². The van der Waals surface area contributed by atoms with Crippen molar-refractivity contribution in [3.63, 3.8) is 0 Å². The summed E-state index contributed by atoms with van der Waals surface area (Å²) in [5, 5.41) is 18.7. The molecule has 3 atom stereocenters. The molecule has 0 aromatic heterocycles. The fourth-order valence-corrected chi connectivity index (χ4v) is 1.65. The molecule has 2 N–H and O–H groups in total. The van der Waals surface area contributed by atoms with Gasteiger partial charge in [0.05, 0.1) is 12.2 Å². The van der Waals surface area contributed by atoms with Crippen LogP contribution in [0.4, 0.5) is 0 Å². The van der Waals surface area contributed by atoms with Crippen LogP contribution >= 0.6 is 0 Å². The number of methoxy groups -OCH3 is 1. The first kappa shape index (κ1) is 12.4. The van der Waals surface area contributed by atoms with Crippen LogP contribution in [0.3, 0.4) is 0 Å². The maximum Gasteiger partial charge on any atom is 0.254 e. The minimum absolute atomic E-state index is 0.178. The summed E-state index contributed by atoms with van der Waals surface area (Å²) in [7, 11) is 1.49. The van der Waals surface area contributed by atoms with Crippen LogP contribution in [0.15, 0.2) is 0 Å². The maximum atomic E-state index is 12.0. The molecule has 1 aliphatic heterocycles. The summed E-state index contributed by atoms with van der Waals surface area (Å²) in [5.74, 6) is -0.178. The number of aliphatic hydroxyl groups excluding tert-OH is 2. The third-order valence-electron chi connectivity index (χ3n) is 3.12. The van der Waals surface area contributed by atoms with Gasteiger partial charge in [-0.25, -0.2) is 0 Å². The molecule has 3 unspecified atom stereocenters. The highest BCUT2D eigenvalue weighted by Gasteiger charge is 2.40. The van der Waals surface area contributed by atoms with Gasteiger partial charge >= 0.3 is 0 Å². The fraction of sp³-hybridized carbons (Fsp3) is 0.900. The number of carbonyl (C=O) groups excluding carboxylic acids is 1. The number of likely N-dealkylation sites (tertiary alicyclic amines) is 1. The summed E-state index contributed by atoms with van der Waals surface area (Å²) in [6.07, 6.45) is -1.12. The number of ether oxygens (including phenoxy) is 1. The maximum absolute atomic E-state index is 12.0. The zero-order valence-corrected chi connectivity index (χ0v) is 9.43. The second-order valence-corrected chi connectivity index (χ2v) is 4.13. The Morgan fingerprint density at radius 3 is 2.27 bits per heavy atom. The van der Waals surface area contributed by atoms with E-state index in [1.165, 1.54) is 12.0 Å². The molecule has 0 aromatic rings. The lowest BCUT2D eigenvalue weighted by atomic mass is 10.0. The Hall–Kier alpha value is -0.650. The fourth-order valence-electron chi connectivity index (χ4n) is 1.65. The number of hydrogen-bond donors (Lipinski definition) is 2. The third kappa shape index (κ3) is 2.30. The lowest BCUT2D eigenvalue weighted by molar-refractivity contribution is -0.152. The van der Waals surface area contributed by atoms with Gasteiger partial charge in [0, 0.05) is 20.2 Å². The van der Waals surface area contributed by atoms with Crippen LogP contribution in [-0.4, -0.2) is 59.0 Å². The number of carbonyl (C=O) groups is 1. The van der Waals surface area contributed by atoms with Crippen molar-refractivity contribution in [2.75, 3.05) is 20.2 Å². The summed E-state index contributed by atoms with van der Waals surface area (Å²) in [4.78, 5) is 13.4. The van der Waals surface area contributed by atoms with Crippen molar-refractivity contribution in [2.45, 2.75) is 38.1 Å². The van der Waals surface area contributed by atoms with Gasteiger partial charge in [-0.3, -0.25) is 4.79 Å². The van der Waals surface area contributed by atoms with E-state index in [1.807, 2.05) is 6.92 Å². The van der Waals surface area contributed by atoms with E-state index in [0.29, 0.717) is 6.42 Å². The monoisotopic (exact) mass is 217 g/mol. The molecule has 1 aliphatic rings. The largest absolute Gasteiger partial charge is 0.388 e. The average Bonchev–Trinajstić information content (AvgIpc) is 2.57. The number of nitrogens with zero attached hydrogens (tertiary/aromatic N) is 1. The Balaban J connectivity index is 2.69. The quantitative estimate of drug-likeness (QED) is 0.660. The Bertz CT molecular complexity index is 230. The van der Waals surface area contributed by atoms with E-state index in [1.54, 1.807) is 6.92 Å². The normalized spacial score (nSPS) is 30.3. The molecule has 0 radical (unpaired) electrons. The van der Waals surface area contributed by atoms with E-state index >= 15 is 0 Å². The number of rotatable bonds is 3. The molecule has 1 amide bonds.